The highest BCUT2D eigenvalue weighted by atomic mass is 16.6. The number of carbonyl (C=O) groups is 2. The summed E-state index contributed by atoms with van der Waals surface area (Å²) in [6.45, 7) is 7.43. The van der Waals surface area contributed by atoms with E-state index in [1.54, 1.807) is 9.58 Å². The molecule has 2 fully saturated rings. The SMILES string of the molecule is Cc1[nH]nc2ccc(-c3cn(-c4ccc(C[C@@H](C#N)NC(=O)[C@@H]5[C@H]6CC[C@H](C6)N5C(=O)OC(C)(C)C)cc4)nn3)cc12. The van der Waals surface area contributed by atoms with Crippen LogP contribution in [0.4, 0.5) is 4.79 Å². The van der Waals surface area contributed by atoms with E-state index in [1.165, 1.54) is 0 Å². The summed E-state index contributed by atoms with van der Waals surface area (Å²) in [4.78, 5) is 27.9. The summed E-state index contributed by atoms with van der Waals surface area (Å²) < 4.78 is 7.30. The molecule has 1 saturated carbocycles. The lowest BCUT2D eigenvalue weighted by Gasteiger charge is -2.35. The number of aromatic nitrogens is 5. The number of aromatic amines is 1. The van der Waals surface area contributed by atoms with Gasteiger partial charge in [0, 0.05) is 29.1 Å². The van der Waals surface area contributed by atoms with Gasteiger partial charge in [0.15, 0.2) is 0 Å². The molecule has 0 radical (unpaired) electrons. The highest BCUT2D eigenvalue weighted by molar-refractivity contribution is 5.88. The molecule has 2 aliphatic rings. The van der Waals surface area contributed by atoms with Crippen molar-refractivity contribution in [3.05, 3.63) is 59.9 Å². The second-order valence-corrected chi connectivity index (χ2v) is 12.2. The predicted molar refractivity (Wildman–Crippen MR) is 155 cm³/mol. The molecular weight excluding hydrogens is 532 g/mol. The van der Waals surface area contributed by atoms with E-state index in [1.807, 2.05) is 76.4 Å². The predicted octanol–water partition coefficient (Wildman–Crippen LogP) is 4.46. The van der Waals surface area contributed by atoms with Crippen molar-refractivity contribution >= 4 is 22.9 Å². The quantitative estimate of drug-likeness (QED) is 0.351. The van der Waals surface area contributed by atoms with E-state index in [0.717, 1.165) is 58.4 Å². The molecule has 2 aromatic carbocycles. The second kappa shape index (κ2) is 10.6. The number of hydrogen-bond donors (Lipinski definition) is 2. The summed E-state index contributed by atoms with van der Waals surface area (Å²) >= 11 is 0. The van der Waals surface area contributed by atoms with Gasteiger partial charge >= 0.3 is 6.09 Å². The van der Waals surface area contributed by atoms with Gasteiger partial charge in [-0.3, -0.25) is 14.8 Å². The first-order chi connectivity index (χ1) is 20.1. The first kappa shape index (κ1) is 27.4. The van der Waals surface area contributed by atoms with Crippen LogP contribution >= 0.6 is 0 Å². The Bertz CT molecular complexity index is 1680. The van der Waals surface area contributed by atoms with Crippen LogP contribution < -0.4 is 5.32 Å². The fourth-order valence-electron chi connectivity index (χ4n) is 6.13. The lowest BCUT2D eigenvalue weighted by atomic mass is 9.97. The van der Waals surface area contributed by atoms with Crippen LogP contribution in [-0.4, -0.2) is 65.8 Å². The summed E-state index contributed by atoms with van der Waals surface area (Å²) in [7, 11) is 0. The number of nitrogens with one attached hydrogen (secondary N) is 2. The van der Waals surface area contributed by atoms with E-state index < -0.39 is 23.8 Å². The lowest BCUT2D eigenvalue weighted by Crippen LogP contribution is -2.55. The van der Waals surface area contributed by atoms with E-state index in [-0.39, 0.29) is 17.9 Å². The minimum atomic E-state index is -0.734. The van der Waals surface area contributed by atoms with Gasteiger partial charge in [0.05, 0.1) is 23.5 Å². The van der Waals surface area contributed by atoms with Gasteiger partial charge in [-0.1, -0.05) is 23.4 Å². The zero-order valence-corrected chi connectivity index (χ0v) is 24.2. The lowest BCUT2D eigenvalue weighted by molar-refractivity contribution is -0.128. The molecule has 2 aromatic heterocycles. The van der Waals surface area contributed by atoms with Crippen molar-refractivity contribution in [2.24, 2.45) is 5.92 Å². The molecule has 6 rings (SSSR count). The van der Waals surface area contributed by atoms with Gasteiger partial charge in [-0.05, 0) is 82.7 Å². The van der Waals surface area contributed by atoms with Gasteiger partial charge < -0.3 is 10.1 Å². The first-order valence-electron chi connectivity index (χ1n) is 14.3. The standard InChI is InChI=1S/C31H34N8O3/c1-18-25-15-20(8-12-26(25)35-34-18)27-17-38(37-36-27)23-9-5-19(6-10-23)13-22(16-32)33-29(40)28-21-7-11-24(14-21)39(28)30(41)42-31(2,3)4/h5-6,8-10,12,15,17,21-22,24,28H,7,11,13-14H2,1-4H3,(H,33,40)(H,34,35)/t21-,22-,24+,28-/m0/s1. The molecule has 42 heavy (non-hydrogen) atoms. The van der Waals surface area contributed by atoms with Gasteiger partial charge in [-0.2, -0.15) is 10.4 Å². The molecule has 216 valence electrons. The summed E-state index contributed by atoms with van der Waals surface area (Å²) in [5.41, 5.74) is 4.66. The van der Waals surface area contributed by atoms with Crippen LogP contribution in [0.15, 0.2) is 48.7 Å². The maximum absolute atomic E-state index is 13.4. The van der Waals surface area contributed by atoms with Crippen LogP contribution in [0.25, 0.3) is 27.8 Å². The number of ether oxygens (including phenoxy) is 1. The van der Waals surface area contributed by atoms with Crippen LogP contribution in [0.1, 0.15) is 51.3 Å². The van der Waals surface area contributed by atoms with Crippen LogP contribution in [0.3, 0.4) is 0 Å². The van der Waals surface area contributed by atoms with Crippen molar-refractivity contribution in [2.75, 3.05) is 0 Å². The zero-order valence-electron chi connectivity index (χ0n) is 24.2. The van der Waals surface area contributed by atoms with E-state index in [9.17, 15) is 14.9 Å². The monoisotopic (exact) mass is 566 g/mol. The number of carbonyl (C=O) groups excluding carboxylic acids is 2. The van der Waals surface area contributed by atoms with Crippen molar-refractivity contribution < 1.29 is 14.3 Å². The van der Waals surface area contributed by atoms with E-state index in [4.69, 9.17) is 4.74 Å². The van der Waals surface area contributed by atoms with E-state index in [2.05, 4.69) is 31.9 Å². The molecule has 4 atom stereocenters. The second-order valence-electron chi connectivity index (χ2n) is 12.2. The molecule has 11 heteroatoms. The van der Waals surface area contributed by atoms with Gasteiger partial charge in [0.1, 0.15) is 23.4 Å². The normalized spacial score (nSPS) is 20.5. The molecule has 0 spiro atoms. The molecule has 2 bridgehead atoms. The van der Waals surface area contributed by atoms with Crippen LogP contribution in [-0.2, 0) is 16.0 Å². The number of aryl methyl sites for hydroxylation is 1. The summed E-state index contributed by atoms with van der Waals surface area (Å²) in [6, 6.07) is 14.5. The Kier molecular flexibility index (Phi) is 6.93. The summed E-state index contributed by atoms with van der Waals surface area (Å²) in [5, 5.41) is 29.7. The number of benzene rings is 2. The summed E-state index contributed by atoms with van der Waals surface area (Å²) in [5.74, 6) is -0.213. The Hall–Kier alpha value is -4.72. The number of fused-ring (bicyclic) bond motifs is 3. The molecular formula is C31H34N8O3. The van der Waals surface area contributed by atoms with Crippen molar-refractivity contribution in [1.29, 1.82) is 5.26 Å². The largest absolute Gasteiger partial charge is 0.444 e. The fraction of sp³-hybridized carbons (Fsp3) is 0.419. The molecule has 11 nitrogen and oxygen atoms in total. The van der Waals surface area contributed by atoms with Crippen LogP contribution in [0.5, 0.6) is 0 Å². The molecule has 4 aromatic rings. The van der Waals surface area contributed by atoms with Crippen LogP contribution in [0.2, 0.25) is 0 Å². The van der Waals surface area contributed by atoms with Crippen molar-refractivity contribution in [2.45, 2.75) is 77.1 Å². The fourth-order valence-corrected chi connectivity index (χ4v) is 6.13. The molecule has 1 aliphatic heterocycles. The summed E-state index contributed by atoms with van der Waals surface area (Å²) in [6.07, 6.45) is 4.29. The Morgan fingerprint density at radius 1 is 1.19 bits per heavy atom. The maximum Gasteiger partial charge on any atom is 0.411 e. The van der Waals surface area contributed by atoms with Crippen molar-refractivity contribution in [3.8, 4) is 23.0 Å². The van der Waals surface area contributed by atoms with E-state index >= 15 is 0 Å². The number of likely N-dealkylation sites (tertiary alicyclic amines) is 1. The van der Waals surface area contributed by atoms with Crippen LogP contribution in [0, 0.1) is 24.2 Å². The number of piperidine rings is 1. The minimum Gasteiger partial charge on any atom is -0.444 e. The Labute approximate surface area is 243 Å². The number of H-pyrrole nitrogens is 1. The molecule has 1 aliphatic carbocycles. The molecule has 2 amide bonds. The molecule has 0 unspecified atom stereocenters. The minimum absolute atomic E-state index is 0.00338. The average Bonchev–Trinajstić information content (AvgIpc) is 3.76. The number of hydrogen-bond acceptors (Lipinski definition) is 7. The zero-order chi connectivity index (χ0) is 29.6. The number of rotatable bonds is 6. The highest BCUT2D eigenvalue weighted by Crippen LogP contribution is 2.43. The van der Waals surface area contributed by atoms with Crippen molar-refractivity contribution in [1.82, 2.24) is 35.4 Å². The first-order valence-corrected chi connectivity index (χ1v) is 14.3. The maximum atomic E-state index is 13.4. The molecule has 3 heterocycles. The Balaban J connectivity index is 1.11. The van der Waals surface area contributed by atoms with E-state index in [0.29, 0.717) is 6.42 Å². The van der Waals surface area contributed by atoms with Gasteiger partial charge in [0.2, 0.25) is 5.91 Å². The third-order valence-electron chi connectivity index (χ3n) is 8.10. The molecule has 2 N–H and O–H groups in total. The van der Waals surface area contributed by atoms with Gasteiger partial charge in [0.25, 0.3) is 0 Å². The highest BCUT2D eigenvalue weighted by Gasteiger charge is 2.52. The number of amides is 2. The van der Waals surface area contributed by atoms with Crippen molar-refractivity contribution in [3.63, 3.8) is 0 Å². The van der Waals surface area contributed by atoms with Gasteiger partial charge in [-0.25, -0.2) is 9.48 Å². The number of nitrogens with zero attached hydrogens (tertiary/aromatic N) is 6. The third-order valence-corrected chi connectivity index (χ3v) is 8.10. The molecule has 1 saturated heterocycles. The average molecular weight is 567 g/mol. The Morgan fingerprint density at radius 3 is 2.71 bits per heavy atom. The number of nitriles is 1. The topological polar surface area (TPSA) is 142 Å². The van der Waals surface area contributed by atoms with Gasteiger partial charge in [-0.15, -0.1) is 5.10 Å². The Morgan fingerprint density at radius 2 is 1.98 bits per heavy atom. The third kappa shape index (κ3) is 5.32. The smallest absolute Gasteiger partial charge is 0.411 e.